The summed E-state index contributed by atoms with van der Waals surface area (Å²) in [6.45, 7) is 8.45. The SMILES string of the molecule is CCCCOCCCNC(=O)c1cc(C)c(C)s1. The first-order valence-electron chi connectivity index (χ1n) is 6.58. The van der Waals surface area contributed by atoms with E-state index in [1.807, 2.05) is 19.9 Å². The molecule has 1 N–H and O–H groups in total. The average Bonchev–Trinajstić information content (AvgIpc) is 2.68. The van der Waals surface area contributed by atoms with Gasteiger partial charge in [-0.25, -0.2) is 0 Å². The van der Waals surface area contributed by atoms with Crippen LogP contribution in [0.4, 0.5) is 0 Å². The number of unbranched alkanes of at least 4 members (excludes halogenated alkanes) is 1. The van der Waals surface area contributed by atoms with Crippen LogP contribution in [0.25, 0.3) is 0 Å². The lowest BCUT2D eigenvalue weighted by Crippen LogP contribution is -2.24. The van der Waals surface area contributed by atoms with Crippen LogP contribution in [-0.2, 0) is 4.74 Å². The molecule has 0 spiro atoms. The normalized spacial score (nSPS) is 10.6. The summed E-state index contributed by atoms with van der Waals surface area (Å²) < 4.78 is 5.44. The number of carbonyl (C=O) groups excluding carboxylic acids is 1. The molecule has 0 unspecified atom stereocenters. The molecule has 1 heterocycles. The van der Waals surface area contributed by atoms with Crippen LogP contribution in [0.2, 0.25) is 0 Å². The van der Waals surface area contributed by atoms with E-state index in [0.29, 0.717) is 6.54 Å². The van der Waals surface area contributed by atoms with Crippen LogP contribution in [0, 0.1) is 13.8 Å². The molecule has 3 nitrogen and oxygen atoms in total. The van der Waals surface area contributed by atoms with E-state index in [9.17, 15) is 4.79 Å². The standard InChI is InChI=1S/C14H23NO2S/c1-4-5-8-17-9-6-7-15-14(16)13-10-11(2)12(3)18-13/h10H,4-9H2,1-3H3,(H,15,16). The molecule has 0 aliphatic rings. The van der Waals surface area contributed by atoms with Crippen molar-refractivity contribution in [1.29, 1.82) is 0 Å². The zero-order valence-electron chi connectivity index (χ0n) is 11.5. The molecule has 0 fully saturated rings. The minimum Gasteiger partial charge on any atom is -0.381 e. The third-order valence-corrected chi connectivity index (χ3v) is 3.93. The number of rotatable bonds is 8. The Bertz CT molecular complexity index is 354. The predicted octanol–water partition coefficient (Wildman–Crippen LogP) is 3.30. The Morgan fingerprint density at radius 2 is 2.06 bits per heavy atom. The van der Waals surface area contributed by atoms with Gasteiger partial charge in [0, 0.05) is 24.6 Å². The number of aryl methyl sites for hydroxylation is 2. The fourth-order valence-corrected chi connectivity index (χ4v) is 2.45. The minimum atomic E-state index is 0.0322. The molecular formula is C14H23NO2S. The molecule has 0 aromatic carbocycles. The van der Waals surface area contributed by atoms with Crippen LogP contribution < -0.4 is 5.32 Å². The Kier molecular flexibility index (Phi) is 6.98. The third kappa shape index (κ3) is 5.19. The Morgan fingerprint density at radius 1 is 1.33 bits per heavy atom. The monoisotopic (exact) mass is 269 g/mol. The molecule has 0 radical (unpaired) electrons. The van der Waals surface area contributed by atoms with Crippen molar-refractivity contribution in [3.8, 4) is 0 Å². The highest BCUT2D eigenvalue weighted by atomic mass is 32.1. The smallest absolute Gasteiger partial charge is 0.261 e. The summed E-state index contributed by atoms with van der Waals surface area (Å²) in [7, 11) is 0. The summed E-state index contributed by atoms with van der Waals surface area (Å²) in [6.07, 6.45) is 3.15. The molecule has 0 saturated carbocycles. The van der Waals surface area contributed by atoms with Gasteiger partial charge in [0.1, 0.15) is 0 Å². The molecule has 0 aliphatic heterocycles. The number of carbonyl (C=O) groups is 1. The van der Waals surface area contributed by atoms with Crippen LogP contribution in [-0.4, -0.2) is 25.7 Å². The Hall–Kier alpha value is -0.870. The van der Waals surface area contributed by atoms with Crippen molar-refractivity contribution in [3.63, 3.8) is 0 Å². The van der Waals surface area contributed by atoms with E-state index in [4.69, 9.17) is 4.74 Å². The average molecular weight is 269 g/mol. The quantitative estimate of drug-likeness (QED) is 0.735. The molecule has 1 aromatic heterocycles. The van der Waals surface area contributed by atoms with E-state index in [1.54, 1.807) is 11.3 Å². The Balaban J connectivity index is 2.14. The highest BCUT2D eigenvalue weighted by molar-refractivity contribution is 7.14. The molecule has 18 heavy (non-hydrogen) atoms. The molecule has 1 rings (SSSR count). The molecule has 0 saturated heterocycles. The number of hydrogen-bond acceptors (Lipinski definition) is 3. The van der Waals surface area contributed by atoms with E-state index in [1.165, 1.54) is 10.4 Å². The first-order valence-corrected chi connectivity index (χ1v) is 7.39. The first kappa shape index (κ1) is 15.2. The second kappa shape index (κ2) is 8.27. The topological polar surface area (TPSA) is 38.3 Å². The van der Waals surface area contributed by atoms with Gasteiger partial charge in [-0.1, -0.05) is 13.3 Å². The van der Waals surface area contributed by atoms with E-state index < -0.39 is 0 Å². The third-order valence-electron chi connectivity index (χ3n) is 2.78. The predicted molar refractivity (Wildman–Crippen MR) is 76.5 cm³/mol. The summed E-state index contributed by atoms with van der Waals surface area (Å²) in [6, 6.07) is 1.95. The van der Waals surface area contributed by atoms with Crippen LogP contribution in [0.1, 0.15) is 46.3 Å². The van der Waals surface area contributed by atoms with Crippen molar-refractivity contribution in [2.24, 2.45) is 0 Å². The van der Waals surface area contributed by atoms with E-state index in [-0.39, 0.29) is 5.91 Å². The molecule has 0 bridgehead atoms. The number of nitrogens with one attached hydrogen (secondary N) is 1. The van der Waals surface area contributed by atoms with Gasteiger partial charge in [0.25, 0.3) is 5.91 Å². The van der Waals surface area contributed by atoms with Crippen molar-refractivity contribution in [2.75, 3.05) is 19.8 Å². The molecule has 1 amide bonds. The maximum atomic E-state index is 11.8. The van der Waals surface area contributed by atoms with Gasteiger partial charge >= 0.3 is 0 Å². The highest BCUT2D eigenvalue weighted by Gasteiger charge is 2.09. The molecule has 0 aliphatic carbocycles. The number of hydrogen-bond donors (Lipinski definition) is 1. The maximum absolute atomic E-state index is 11.8. The highest BCUT2D eigenvalue weighted by Crippen LogP contribution is 2.20. The number of thiophene rings is 1. The zero-order valence-corrected chi connectivity index (χ0v) is 12.4. The van der Waals surface area contributed by atoms with Crippen molar-refractivity contribution in [1.82, 2.24) is 5.32 Å². The maximum Gasteiger partial charge on any atom is 0.261 e. The lowest BCUT2D eigenvalue weighted by Gasteiger charge is -2.04. The fraction of sp³-hybridized carbons (Fsp3) is 0.643. The largest absolute Gasteiger partial charge is 0.381 e. The Morgan fingerprint density at radius 3 is 2.67 bits per heavy atom. The lowest BCUT2D eigenvalue weighted by atomic mass is 10.3. The van der Waals surface area contributed by atoms with Crippen molar-refractivity contribution >= 4 is 17.2 Å². The van der Waals surface area contributed by atoms with Gasteiger partial charge in [-0.05, 0) is 38.3 Å². The molecule has 0 atom stereocenters. The second-order valence-electron chi connectivity index (χ2n) is 4.43. The van der Waals surface area contributed by atoms with Gasteiger partial charge in [0.15, 0.2) is 0 Å². The van der Waals surface area contributed by atoms with E-state index >= 15 is 0 Å². The van der Waals surface area contributed by atoms with Crippen molar-refractivity contribution < 1.29 is 9.53 Å². The van der Waals surface area contributed by atoms with Gasteiger partial charge in [-0.3, -0.25) is 4.79 Å². The van der Waals surface area contributed by atoms with Crippen LogP contribution in [0.3, 0.4) is 0 Å². The van der Waals surface area contributed by atoms with Gasteiger partial charge in [-0.2, -0.15) is 0 Å². The van der Waals surface area contributed by atoms with Gasteiger partial charge in [-0.15, -0.1) is 11.3 Å². The molecular weight excluding hydrogens is 246 g/mol. The van der Waals surface area contributed by atoms with Crippen LogP contribution >= 0.6 is 11.3 Å². The summed E-state index contributed by atoms with van der Waals surface area (Å²) in [5.41, 5.74) is 1.19. The summed E-state index contributed by atoms with van der Waals surface area (Å²) in [5, 5.41) is 2.92. The van der Waals surface area contributed by atoms with E-state index in [2.05, 4.69) is 12.2 Å². The zero-order chi connectivity index (χ0) is 13.4. The van der Waals surface area contributed by atoms with Crippen LogP contribution in [0.5, 0.6) is 0 Å². The summed E-state index contributed by atoms with van der Waals surface area (Å²) in [5.74, 6) is 0.0322. The second-order valence-corrected chi connectivity index (χ2v) is 5.68. The number of amides is 1. The first-order chi connectivity index (χ1) is 8.65. The minimum absolute atomic E-state index is 0.0322. The summed E-state index contributed by atoms with van der Waals surface area (Å²) in [4.78, 5) is 13.8. The van der Waals surface area contributed by atoms with Gasteiger partial charge < -0.3 is 10.1 Å². The van der Waals surface area contributed by atoms with Gasteiger partial charge in [0.05, 0.1) is 4.88 Å². The Labute approximate surface area is 114 Å². The number of ether oxygens (including phenoxy) is 1. The van der Waals surface area contributed by atoms with Gasteiger partial charge in [0.2, 0.25) is 0 Å². The van der Waals surface area contributed by atoms with E-state index in [0.717, 1.165) is 37.4 Å². The molecule has 1 aromatic rings. The van der Waals surface area contributed by atoms with Crippen molar-refractivity contribution in [2.45, 2.75) is 40.0 Å². The van der Waals surface area contributed by atoms with Crippen LogP contribution in [0.15, 0.2) is 6.07 Å². The fourth-order valence-electron chi connectivity index (χ4n) is 1.50. The van der Waals surface area contributed by atoms with Crippen molar-refractivity contribution in [3.05, 3.63) is 21.4 Å². The lowest BCUT2D eigenvalue weighted by molar-refractivity contribution is 0.0944. The molecule has 102 valence electrons. The summed E-state index contributed by atoms with van der Waals surface area (Å²) >= 11 is 1.55. The molecule has 4 heteroatoms.